The second-order valence-corrected chi connectivity index (χ2v) is 0.250. The van der Waals surface area contributed by atoms with Crippen molar-refractivity contribution in [3.05, 3.63) is 0 Å². The van der Waals surface area contributed by atoms with Crippen molar-refractivity contribution in [1.29, 1.82) is 0 Å². The second-order valence-electron chi connectivity index (χ2n) is 0.0833. The van der Waals surface area contributed by atoms with Gasteiger partial charge in [-0.05, 0) is 0 Å². The topological polar surface area (TPSA) is 91.1 Å². The van der Waals surface area contributed by atoms with Crippen LogP contribution in [-0.4, -0.2) is 26.7 Å². The summed E-state index contributed by atoms with van der Waals surface area (Å²) < 4.78 is 16.8. The van der Waals surface area contributed by atoms with E-state index in [0.717, 1.165) is 0 Å². The third kappa shape index (κ3) is 207. The fourth-order valence-electron chi connectivity index (χ4n) is 0. The third-order valence-corrected chi connectivity index (χ3v) is 0. The van der Waals surface area contributed by atoms with Crippen LogP contribution in [0, 0.1) is 0 Å². The first-order valence-electron chi connectivity index (χ1n) is 0.408. The number of hydrogen-bond donors (Lipinski definition) is 0. The predicted molar refractivity (Wildman–Crippen MR) is 14.3 cm³/mol. The van der Waals surface area contributed by atoms with E-state index < -0.39 is 9.29 Å². The van der Waals surface area contributed by atoms with Crippen molar-refractivity contribution in [3.63, 3.8) is 0 Å². The Kier molecular flexibility index (Phi) is 428. The Labute approximate surface area is 66.1 Å². The molecule has 0 atom stereocenters. The summed E-state index contributed by atoms with van der Waals surface area (Å²) in [4.78, 5) is 0. The van der Waals surface area contributed by atoms with E-state index in [0.29, 0.717) is 0 Å². The summed E-state index contributed by atoms with van der Waals surface area (Å²) in [5, 5.41) is 0. The van der Waals surface area contributed by atoms with Gasteiger partial charge in [0.1, 0.15) is 0 Å². The van der Waals surface area contributed by atoms with E-state index in [1.54, 1.807) is 0 Å². The quantitative estimate of drug-likeness (QED) is 0.441. The molecule has 7 heteroatoms. The zero-order valence-electron chi connectivity index (χ0n) is 3.42. The van der Waals surface area contributed by atoms with Gasteiger partial charge >= 0.3 is 46.1 Å². The average Bonchev–Trinajstić information content (AvgIpc) is 0.918. The van der Waals surface area contributed by atoms with Gasteiger partial charge in [-0.3, -0.25) is 8.92 Å². The van der Waals surface area contributed by atoms with Crippen LogP contribution in [0.5, 0.6) is 0 Å². The molecule has 0 fully saturated rings. The fraction of sp³-hybridized carbons (Fsp3) is 0. The van der Waals surface area contributed by atoms with Crippen molar-refractivity contribution >= 4 is 26.7 Å². The monoisotopic (exact) mass is 183 g/mol. The number of rotatable bonds is 0. The minimum absolute atomic E-state index is 0. The summed E-state index contributed by atoms with van der Waals surface area (Å²) >= 11 is 0. The van der Waals surface area contributed by atoms with Gasteiger partial charge in [0.25, 0.3) is 0 Å². The first-order chi connectivity index (χ1) is 1.41. The van der Waals surface area contributed by atoms with Crippen molar-refractivity contribution in [1.82, 2.24) is 0 Å². The van der Waals surface area contributed by atoms with Crippen molar-refractivity contribution in [3.8, 4) is 0 Å². The molecule has 0 bridgehead atoms. The van der Waals surface area contributed by atoms with Gasteiger partial charge in [0, 0.05) is 0 Å². The van der Waals surface area contributed by atoms with Crippen molar-refractivity contribution in [2.75, 3.05) is 0 Å². The maximum Gasteiger partial charge on any atom is 3.00 e. The Balaban J connectivity index is -0.00000000333. The first-order valence-corrected chi connectivity index (χ1v) is 1.22. The molecule has 0 radical (unpaired) electrons. The smallest absolute Gasteiger partial charge is 2.00 e. The van der Waals surface area contributed by atoms with E-state index in [-0.39, 0.29) is 47.8 Å². The summed E-state index contributed by atoms with van der Waals surface area (Å²) in [5.74, 6) is 0. The van der Waals surface area contributed by atoms with Gasteiger partial charge in [0.15, 0.2) is 0 Å². The Morgan fingerprint density at radius 3 is 1.00 bits per heavy atom. The van der Waals surface area contributed by atoms with Crippen LogP contribution in [0.1, 0.15) is 0 Å². The molecule has 0 aromatic rings. The minimum Gasteiger partial charge on any atom is -2.00 e. The predicted octanol–water partition coefficient (Wildman–Crippen LogP) is -1.24. The zero-order valence-corrected chi connectivity index (χ0v) is 8.54. The van der Waals surface area contributed by atoms with E-state index in [1.165, 1.54) is 0 Å². The summed E-state index contributed by atoms with van der Waals surface area (Å²) in [5.41, 5.74) is 0. The van der Waals surface area contributed by atoms with Crippen LogP contribution < -0.4 is 0 Å². The van der Waals surface area contributed by atoms with Gasteiger partial charge in [-0.2, -0.15) is 0 Å². The second kappa shape index (κ2) is 66.8. The first kappa shape index (κ1) is 44.8. The van der Waals surface area contributed by atoms with Crippen LogP contribution in [0.4, 0.5) is 0 Å². The Bertz CT molecular complexity index is 32.7. The minimum atomic E-state index is -1.42. The van der Waals surface area contributed by atoms with Gasteiger partial charge in [-0.15, -0.1) is 0 Å². The molecule has 0 aliphatic heterocycles. The standard InChI is InChI=1S/Al.O2Si.2O.Zn/c;1-3-2;;;/q+3;;2*-2;+2. The molecule has 0 unspecified atom stereocenters. The van der Waals surface area contributed by atoms with E-state index in [4.69, 9.17) is 8.92 Å². The van der Waals surface area contributed by atoms with Gasteiger partial charge in [-0.25, -0.2) is 0 Å². The summed E-state index contributed by atoms with van der Waals surface area (Å²) in [7, 11) is -1.42. The fourth-order valence-corrected chi connectivity index (χ4v) is 0. The van der Waals surface area contributed by atoms with Crippen molar-refractivity contribution < 1.29 is 39.4 Å². The van der Waals surface area contributed by atoms with E-state index in [9.17, 15) is 0 Å². The molecule has 4 nitrogen and oxygen atoms in total. The molecule has 7 heavy (non-hydrogen) atoms. The molecule has 0 aromatic carbocycles. The van der Waals surface area contributed by atoms with Crippen molar-refractivity contribution in [2.45, 2.75) is 0 Å². The largest absolute Gasteiger partial charge is 3.00 e. The molecular formula is AlO4SiZn+. The molecule has 0 rings (SSSR count). The van der Waals surface area contributed by atoms with Gasteiger partial charge in [0.2, 0.25) is 0 Å². The maximum absolute atomic E-state index is 8.40. The van der Waals surface area contributed by atoms with Crippen LogP contribution in [0.25, 0.3) is 0 Å². The normalized spacial score (nSPS) is 1.14. The molecule has 0 aliphatic rings. The SMILES string of the molecule is O=[Si]=O.[Al+3].[O-2].[O-2].[Zn+2]. The molecule has 0 saturated carbocycles. The van der Waals surface area contributed by atoms with Crippen LogP contribution >= 0.6 is 0 Å². The molecule has 32 valence electrons. The third-order valence-electron chi connectivity index (χ3n) is 0. The molecule has 0 saturated heterocycles. The average molecular weight is 184 g/mol. The number of hydrogen-bond acceptors (Lipinski definition) is 2. The molecule has 0 aromatic heterocycles. The summed E-state index contributed by atoms with van der Waals surface area (Å²) in [6.45, 7) is 0. The molecule has 0 aliphatic carbocycles. The Morgan fingerprint density at radius 2 is 1.00 bits per heavy atom. The van der Waals surface area contributed by atoms with Crippen LogP contribution in [0.3, 0.4) is 0 Å². The molecular weight excluding hydrogens is 184 g/mol. The van der Waals surface area contributed by atoms with Gasteiger partial charge in [-0.1, -0.05) is 0 Å². The van der Waals surface area contributed by atoms with Gasteiger partial charge in [0.05, 0.1) is 0 Å². The maximum atomic E-state index is 8.40. The summed E-state index contributed by atoms with van der Waals surface area (Å²) in [6, 6.07) is 0. The van der Waals surface area contributed by atoms with Crippen LogP contribution in [0.2, 0.25) is 0 Å². The van der Waals surface area contributed by atoms with Crippen molar-refractivity contribution in [2.24, 2.45) is 0 Å². The van der Waals surface area contributed by atoms with E-state index >= 15 is 0 Å². The summed E-state index contributed by atoms with van der Waals surface area (Å²) in [6.07, 6.45) is 0. The van der Waals surface area contributed by atoms with E-state index in [1.807, 2.05) is 0 Å². The van der Waals surface area contributed by atoms with Gasteiger partial charge < -0.3 is 11.0 Å². The van der Waals surface area contributed by atoms with Crippen LogP contribution in [-0.2, 0) is 39.4 Å². The molecule has 0 N–H and O–H groups in total. The molecule has 0 amide bonds. The molecule has 0 heterocycles. The Morgan fingerprint density at radius 1 is 1.00 bits per heavy atom. The van der Waals surface area contributed by atoms with E-state index in [2.05, 4.69) is 0 Å². The van der Waals surface area contributed by atoms with Crippen LogP contribution in [0.15, 0.2) is 0 Å². The Hall–Kier alpha value is 0.893. The molecule has 0 spiro atoms. The zero-order chi connectivity index (χ0) is 2.71.